The van der Waals surface area contributed by atoms with E-state index in [0.717, 1.165) is 24.9 Å². The number of hydrogen-bond donors (Lipinski definition) is 0. The monoisotopic (exact) mass is 184 g/mol. The Morgan fingerprint density at radius 1 is 0.846 bits per heavy atom. The minimum absolute atomic E-state index is 0.791. The van der Waals surface area contributed by atoms with Crippen LogP contribution >= 0.6 is 0 Å². The molecule has 0 aromatic carbocycles. The van der Waals surface area contributed by atoms with E-state index < -0.39 is 0 Å². The average molecular weight is 184 g/mol. The number of rotatable bonds is 8. The summed E-state index contributed by atoms with van der Waals surface area (Å²) >= 11 is 0. The molecule has 0 fully saturated rings. The topological polar surface area (TPSA) is 14.1 Å². The Morgan fingerprint density at radius 2 is 1.23 bits per heavy atom. The summed E-state index contributed by atoms with van der Waals surface area (Å²) in [5, 5.41) is 4.61. The maximum absolute atomic E-state index is 4.61. The maximum Gasteiger partial charge on any atom is 0.0159 e. The first-order valence-electron chi connectivity index (χ1n) is 5.83. The molecule has 1 nitrogen and oxygen atoms in total. The third-order valence-electron chi connectivity index (χ3n) is 2.44. The molecule has 13 heavy (non-hydrogen) atoms. The fraction of sp³-hybridized carbons (Fsp3) is 1.00. The van der Waals surface area contributed by atoms with E-state index in [1.165, 1.54) is 25.7 Å². The molecule has 0 rings (SSSR count). The predicted octanol–water partition coefficient (Wildman–Crippen LogP) is 3.46. The van der Waals surface area contributed by atoms with Crippen LogP contribution in [-0.4, -0.2) is 13.1 Å². The van der Waals surface area contributed by atoms with Crippen LogP contribution in [0, 0.1) is 11.8 Å². The van der Waals surface area contributed by atoms with Gasteiger partial charge < -0.3 is 0 Å². The van der Waals surface area contributed by atoms with Crippen LogP contribution in [0.2, 0.25) is 0 Å². The third-order valence-corrected chi connectivity index (χ3v) is 2.44. The molecule has 0 spiro atoms. The Balaban J connectivity index is 3.23. The maximum atomic E-state index is 4.61. The molecule has 0 aliphatic carbocycles. The molecule has 0 bridgehead atoms. The molecular formula is C12H26N. The highest BCUT2D eigenvalue weighted by Crippen LogP contribution is 2.06. The molecule has 0 amide bonds. The molecule has 0 N–H and O–H groups in total. The number of hydrogen-bond acceptors (Lipinski definition) is 0. The Morgan fingerprint density at radius 3 is 1.54 bits per heavy atom. The lowest BCUT2D eigenvalue weighted by atomic mass is 10.0. The summed E-state index contributed by atoms with van der Waals surface area (Å²) in [7, 11) is 0. The van der Waals surface area contributed by atoms with Gasteiger partial charge in [-0.1, -0.05) is 40.5 Å². The van der Waals surface area contributed by atoms with E-state index in [1.54, 1.807) is 0 Å². The average Bonchev–Trinajstić information content (AvgIpc) is 2.05. The van der Waals surface area contributed by atoms with Gasteiger partial charge in [-0.25, -0.2) is 5.32 Å². The highest BCUT2D eigenvalue weighted by molar-refractivity contribution is 4.59. The highest BCUT2D eigenvalue weighted by atomic mass is 14.9. The van der Waals surface area contributed by atoms with Crippen molar-refractivity contribution < 1.29 is 0 Å². The lowest BCUT2D eigenvalue weighted by molar-refractivity contribution is 0.418. The molecule has 1 radical (unpaired) electrons. The summed E-state index contributed by atoms with van der Waals surface area (Å²) in [5.74, 6) is 1.58. The fourth-order valence-electron chi connectivity index (χ4n) is 1.68. The summed E-state index contributed by atoms with van der Waals surface area (Å²) in [5.41, 5.74) is 0. The van der Waals surface area contributed by atoms with Crippen molar-refractivity contribution in [2.24, 2.45) is 11.8 Å². The normalized spacial score (nSPS) is 15.7. The molecule has 0 heterocycles. The molecule has 0 aliphatic heterocycles. The predicted molar refractivity (Wildman–Crippen MR) is 60.0 cm³/mol. The minimum Gasteiger partial charge on any atom is -0.241 e. The van der Waals surface area contributed by atoms with E-state index in [2.05, 4.69) is 33.0 Å². The van der Waals surface area contributed by atoms with Crippen molar-refractivity contribution in [2.45, 2.75) is 53.4 Å². The van der Waals surface area contributed by atoms with Crippen molar-refractivity contribution in [3.05, 3.63) is 0 Å². The summed E-state index contributed by atoms with van der Waals surface area (Å²) < 4.78 is 0. The summed E-state index contributed by atoms with van der Waals surface area (Å²) in [6.07, 6.45) is 5.24. The van der Waals surface area contributed by atoms with Crippen LogP contribution in [0.4, 0.5) is 0 Å². The van der Waals surface area contributed by atoms with Crippen molar-refractivity contribution in [3.8, 4) is 0 Å². The molecule has 0 saturated heterocycles. The van der Waals surface area contributed by atoms with E-state index >= 15 is 0 Å². The minimum atomic E-state index is 0.791. The van der Waals surface area contributed by atoms with Crippen molar-refractivity contribution in [1.82, 2.24) is 5.32 Å². The molecular weight excluding hydrogens is 158 g/mol. The van der Waals surface area contributed by atoms with Crippen molar-refractivity contribution in [2.75, 3.05) is 13.1 Å². The number of nitrogens with zero attached hydrogens (tertiary/aromatic N) is 1. The quantitative estimate of drug-likeness (QED) is 0.548. The van der Waals surface area contributed by atoms with Gasteiger partial charge in [-0.2, -0.15) is 0 Å². The highest BCUT2D eigenvalue weighted by Gasteiger charge is 2.03. The van der Waals surface area contributed by atoms with Crippen LogP contribution < -0.4 is 5.32 Å². The Kier molecular flexibility index (Phi) is 8.53. The fourth-order valence-corrected chi connectivity index (χ4v) is 1.68. The Labute approximate surface area is 84.3 Å². The second-order valence-electron chi connectivity index (χ2n) is 4.38. The molecule has 0 saturated carbocycles. The molecule has 2 unspecified atom stereocenters. The van der Waals surface area contributed by atoms with Crippen molar-refractivity contribution in [3.63, 3.8) is 0 Å². The lowest BCUT2D eigenvalue weighted by Gasteiger charge is -2.13. The van der Waals surface area contributed by atoms with Crippen LogP contribution in [0.5, 0.6) is 0 Å². The molecule has 2 atom stereocenters. The van der Waals surface area contributed by atoms with Crippen LogP contribution in [0.3, 0.4) is 0 Å². The van der Waals surface area contributed by atoms with Gasteiger partial charge in [0.25, 0.3) is 0 Å². The van der Waals surface area contributed by atoms with E-state index in [1.807, 2.05) is 0 Å². The Bertz CT molecular complexity index is 89.3. The largest absolute Gasteiger partial charge is 0.241 e. The molecule has 0 aliphatic rings. The zero-order chi connectivity index (χ0) is 10.1. The molecule has 1 heteroatoms. The molecule has 79 valence electrons. The van der Waals surface area contributed by atoms with Gasteiger partial charge in [0.2, 0.25) is 0 Å². The zero-order valence-electron chi connectivity index (χ0n) is 9.84. The van der Waals surface area contributed by atoms with Gasteiger partial charge >= 0.3 is 0 Å². The smallest absolute Gasteiger partial charge is 0.0159 e. The van der Waals surface area contributed by atoms with Gasteiger partial charge in [-0.3, -0.25) is 0 Å². The second-order valence-corrected chi connectivity index (χ2v) is 4.38. The van der Waals surface area contributed by atoms with Crippen molar-refractivity contribution in [1.29, 1.82) is 0 Å². The Hall–Kier alpha value is -0.0400. The van der Waals surface area contributed by atoms with E-state index in [0.29, 0.717) is 0 Å². The molecule has 0 aromatic heterocycles. The van der Waals surface area contributed by atoms with Crippen LogP contribution in [0.15, 0.2) is 0 Å². The molecule has 0 aromatic rings. The first kappa shape index (κ1) is 13.0. The SMILES string of the molecule is CCCC(C)C[N]CC(C)CCC. The van der Waals surface area contributed by atoms with Crippen LogP contribution in [-0.2, 0) is 0 Å². The van der Waals surface area contributed by atoms with Gasteiger partial charge in [0.05, 0.1) is 0 Å². The first-order chi connectivity index (χ1) is 6.20. The van der Waals surface area contributed by atoms with E-state index in [4.69, 9.17) is 0 Å². The first-order valence-corrected chi connectivity index (χ1v) is 5.83. The standard InChI is InChI=1S/C12H26N/c1-5-7-11(3)9-13-10-12(4)8-6-2/h11-12H,5-10H2,1-4H3. The summed E-state index contributed by atoms with van der Waals surface area (Å²) in [6.45, 7) is 11.2. The zero-order valence-corrected chi connectivity index (χ0v) is 9.84. The van der Waals surface area contributed by atoms with Gasteiger partial charge in [-0.15, -0.1) is 0 Å². The van der Waals surface area contributed by atoms with Crippen molar-refractivity contribution >= 4 is 0 Å². The summed E-state index contributed by atoms with van der Waals surface area (Å²) in [6, 6.07) is 0. The second kappa shape index (κ2) is 8.55. The van der Waals surface area contributed by atoms with Gasteiger partial charge in [0.15, 0.2) is 0 Å². The van der Waals surface area contributed by atoms with Crippen LogP contribution in [0.1, 0.15) is 53.4 Å². The van der Waals surface area contributed by atoms with Gasteiger partial charge in [0.1, 0.15) is 0 Å². The summed E-state index contributed by atoms with van der Waals surface area (Å²) in [4.78, 5) is 0. The lowest BCUT2D eigenvalue weighted by Crippen LogP contribution is -2.19. The van der Waals surface area contributed by atoms with E-state index in [-0.39, 0.29) is 0 Å². The van der Waals surface area contributed by atoms with E-state index in [9.17, 15) is 0 Å². The van der Waals surface area contributed by atoms with Gasteiger partial charge in [0, 0.05) is 13.1 Å². The van der Waals surface area contributed by atoms with Gasteiger partial charge in [-0.05, 0) is 24.7 Å². The third kappa shape index (κ3) is 8.29. The van der Waals surface area contributed by atoms with Crippen LogP contribution in [0.25, 0.3) is 0 Å².